The first-order valence-corrected chi connectivity index (χ1v) is 7.06. The Hall–Kier alpha value is -1.02. The van der Waals surface area contributed by atoms with E-state index in [1.54, 1.807) is 0 Å². The Balaban J connectivity index is 2.28. The highest BCUT2D eigenvalue weighted by Gasteiger charge is 2.14. The molecule has 0 fully saturated rings. The third-order valence-corrected chi connectivity index (χ3v) is 4.07. The predicted octanol–water partition coefficient (Wildman–Crippen LogP) is 4.58. The largest absolute Gasteiger partial charge is 0.321 e. The lowest BCUT2D eigenvalue weighted by Gasteiger charge is -2.09. The number of amides is 1. The summed E-state index contributed by atoms with van der Waals surface area (Å²) in [5, 5.41) is 2.61. The number of anilines is 1. The molecular formula is C13H7BrF2INO. The molecule has 0 atom stereocenters. The van der Waals surface area contributed by atoms with Crippen LogP contribution in [-0.4, -0.2) is 5.91 Å². The average Bonchev–Trinajstić information content (AvgIpc) is 2.36. The zero-order valence-electron chi connectivity index (χ0n) is 9.38. The van der Waals surface area contributed by atoms with Gasteiger partial charge >= 0.3 is 0 Å². The summed E-state index contributed by atoms with van der Waals surface area (Å²) in [6, 6.07) is 8.21. The van der Waals surface area contributed by atoms with E-state index in [2.05, 4.69) is 21.2 Å². The fourth-order valence-electron chi connectivity index (χ4n) is 1.46. The number of benzene rings is 2. The van der Waals surface area contributed by atoms with Crippen LogP contribution in [0.25, 0.3) is 0 Å². The summed E-state index contributed by atoms with van der Waals surface area (Å²) in [7, 11) is 0. The van der Waals surface area contributed by atoms with Gasteiger partial charge in [-0.2, -0.15) is 0 Å². The summed E-state index contributed by atoms with van der Waals surface area (Å²) in [5.74, 6) is -1.35. The van der Waals surface area contributed by atoms with Gasteiger partial charge in [0.05, 0.1) is 15.7 Å². The molecule has 2 aromatic rings. The van der Waals surface area contributed by atoms with Gasteiger partial charge in [-0.15, -0.1) is 0 Å². The molecule has 2 nitrogen and oxygen atoms in total. The van der Waals surface area contributed by atoms with Gasteiger partial charge in [0.1, 0.15) is 11.6 Å². The average molecular weight is 438 g/mol. The molecule has 0 aliphatic rings. The van der Waals surface area contributed by atoms with Gasteiger partial charge in [0.15, 0.2) is 0 Å². The molecular weight excluding hydrogens is 431 g/mol. The third-order valence-electron chi connectivity index (χ3n) is 2.38. The highest BCUT2D eigenvalue weighted by Crippen LogP contribution is 2.23. The molecule has 0 aromatic heterocycles. The van der Waals surface area contributed by atoms with Gasteiger partial charge < -0.3 is 5.32 Å². The van der Waals surface area contributed by atoms with Crippen LogP contribution in [0.5, 0.6) is 0 Å². The quantitative estimate of drug-likeness (QED) is 0.684. The molecule has 0 heterocycles. The first-order valence-electron chi connectivity index (χ1n) is 5.19. The number of hydrogen-bond acceptors (Lipinski definition) is 1. The second-order valence-electron chi connectivity index (χ2n) is 3.68. The number of halogens is 4. The lowest BCUT2D eigenvalue weighted by atomic mass is 10.2. The van der Waals surface area contributed by atoms with Gasteiger partial charge in [0.25, 0.3) is 5.91 Å². The summed E-state index contributed by atoms with van der Waals surface area (Å²) in [6.45, 7) is 0. The van der Waals surface area contributed by atoms with E-state index < -0.39 is 11.7 Å². The van der Waals surface area contributed by atoms with Gasteiger partial charge in [-0.05, 0) is 68.9 Å². The summed E-state index contributed by atoms with van der Waals surface area (Å²) in [6.07, 6.45) is 0. The number of hydrogen-bond donors (Lipinski definition) is 1. The Morgan fingerprint density at radius 3 is 2.63 bits per heavy atom. The maximum Gasteiger partial charge on any atom is 0.256 e. The Labute approximate surface area is 130 Å². The lowest BCUT2D eigenvalue weighted by molar-refractivity contribution is 0.102. The van der Waals surface area contributed by atoms with E-state index in [1.807, 2.05) is 22.6 Å². The van der Waals surface area contributed by atoms with E-state index in [-0.39, 0.29) is 15.9 Å². The second-order valence-corrected chi connectivity index (χ2v) is 5.63. The van der Waals surface area contributed by atoms with Gasteiger partial charge in [-0.3, -0.25) is 4.79 Å². The Kier molecular flexibility index (Phi) is 4.51. The van der Waals surface area contributed by atoms with Gasteiger partial charge in [-0.1, -0.05) is 6.07 Å². The fraction of sp³-hybridized carbons (Fsp3) is 0. The van der Waals surface area contributed by atoms with Crippen molar-refractivity contribution in [3.8, 4) is 0 Å². The van der Waals surface area contributed by atoms with Gasteiger partial charge in [-0.25, -0.2) is 8.78 Å². The molecule has 2 aromatic carbocycles. The molecule has 2 rings (SSSR count). The molecule has 98 valence electrons. The van der Waals surface area contributed by atoms with Gasteiger partial charge in [0.2, 0.25) is 0 Å². The summed E-state index contributed by atoms with van der Waals surface area (Å²) in [5.41, 5.74) is 0.656. The highest BCUT2D eigenvalue weighted by atomic mass is 127. The molecule has 0 saturated heterocycles. The molecule has 0 radical (unpaired) electrons. The van der Waals surface area contributed by atoms with Crippen molar-refractivity contribution in [3.05, 3.63) is 61.6 Å². The minimum absolute atomic E-state index is 0.101. The summed E-state index contributed by atoms with van der Waals surface area (Å²) >= 11 is 4.94. The second kappa shape index (κ2) is 5.96. The van der Waals surface area contributed by atoms with E-state index in [0.717, 1.165) is 0 Å². The normalized spacial score (nSPS) is 10.3. The lowest BCUT2D eigenvalue weighted by Crippen LogP contribution is -2.14. The summed E-state index contributed by atoms with van der Waals surface area (Å²) in [4.78, 5) is 12.0. The van der Waals surface area contributed by atoms with Crippen molar-refractivity contribution in [1.29, 1.82) is 0 Å². The monoisotopic (exact) mass is 437 g/mol. The van der Waals surface area contributed by atoms with Gasteiger partial charge in [0, 0.05) is 3.57 Å². The molecule has 0 unspecified atom stereocenters. The highest BCUT2D eigenvalue weighted by molar-refractivity contribution is 14.1. The van der Waals surface area contributed by atoms with Crippen molar-refractivity contribution in [2.45, 2.75) is 0 Å². The minimum Gasteiger partial charge on any atom is -0.321 e. The molecule has 6 heteroatoms. The Bertz CT molecular complexity index is 649. The first kappa shape index (κ1) is 14.4. The van der Waals surface area contributed by atoms with Crippen molar-refractivity contribution in [2.24, 2.45) is 0 Å². The number of carbonyl (C=O) groups excluding carboxylic acids is 1. The van der Waals surface area contributed by atoms with Crippen LogP contribution in [0.15, 0.2) is 40.9 Å². The zero-order chi connectivity index (χ0) is 14.0. The van der Waals surface area contributed by atoms with E-state index in [4.69, 9.17) is 0 Å². The van der Waals surface area contributed by atoms with E-state index in [1.165, 1.54) is 36.4 Å². The minimum atomic E-state index is -0.513. The maximum atomic E-state index is 13.3. The topological polar surface area (TPSA) is 29.1 Å². The molecule has 0 saturated carbocycles. The van der Waals surface area contributed by atoms with Crippen LogP contribution in [-0.2, 0) is 0 Å². The van der Waals surface area contributed by atoms with Crippen molar-refractivity contribution in [2.75, 3.05) is 5.32 Å². The van der Waals surface area contributed by atoms with Crippen LogP contribution < -0.4 is 5.32 Å². The molecule has 0 aliphatic heterocycles. The smallest absolute Gasteiger partial charge is 0.256 e. The molecule has 19 heavy (non-hydrogen) atoms. The third kappa shape index (κ3) is 3.30. The van der Waals surface area contributed by atoms with Crippen molar-refractivity contribution >= 4 is 50.1 Å². The fourth-order valence-corrected chi connectivity index (χ4v) is 2.52. The van der Waals surface area contributed by atoms with Crippen LogP contribution in [0, 0.1) is 15.2 Å². The van der Waals surface area contributed by atoms with Crippen molar-refractivity contribution in [3.63, 3.8) is 0 Å². The Morgan fingerprint density at radius 2 is 1.95 bits per heavy atom. The van der Waals surface area contributed by atoms with Crippen molar-refractivity contribution < 1.29 is 13.6 Å². The zero-order valence-corrected chi connectivity index (χ0v) is 13.1. The van der Waals surface area contributed by atoms with Crippen LogP contribution in [0.3, 0.4) is 0 Å². The van der Waals surface area contributed by atoms with E-state index in [0.29, 0.717) is 9.26 Å². The van der Waals surface area contributed by atoms with Crippen LogP contribution in [0.1, 0.15) is 10.4 Å². The molecule has 0 bridgehead atoms. The SMILES string of the molecule is O=C(Nc1ccc(F)cc1I)c1cccc(F)c1Br. The predicted molar refractivity (Wildman–Crippen MR) is 81.2 cm³/mol. The standard InChI is InChI=1S/C13H7BrF2INO/c14-12-8(2-1-3-9(12)16)13(19)18-11-5-4-7(15)6-10(11)17/h1-6H,(H,18,19). The van der Waals surface area contributed by atoms with E-state index >= 15 is 0 Å². The van der Waals surface area contributed by atoms with Crippen molar-refractivity contribution in [1.82, 2.24) is 0 Å². The summed E-state index contributed by atoms with van der Waals surface area (Å²) < 4.78 is 27.0. The maximum absolute atomic E-state index is 13.3. The van der Waals surface area contributed by atoms with Crippen LogP contribution in [0.4, 0.5) is 14.5 Å². The molecule has 1 N–H and O–H groups in total. The number of carbonyl (C=O) groups is 1. The molecule has 1 amide bonds. The number of nitrogens with one attached hydrogen (secondary N) is 1. The molecule has 0 aliphatic carbocycles. The van der Waals surface area contributed by atoms with Crippen LogP contribution in [0.2, 0.25) is 0 Å². The Morgan fingerprint density at radius 1 is 1.21 bits per heavy atom. The van der Waals surface area contributed by atoms with Crippen LogP contribution >= 0.6 is 38.5 Å². The van der Waals surface area contributed by atoms with E-state index in [9.17, 15) is 13.6 Å². The number of rotatable bonds is 2. The molecule has 0 spiro atoms. The first-order chi connectivity index (χ1) is 8.99.